The van der Waals surface area contributed by atoms with Crippen LogP contribution in [0.25, 0.3) is 0 Å². The van der Waals surface area contributed by atoms with Gasteiger partial charge >= 0.3 is 6.03 Å². The van der Waals surface area contributed by atoms with E-state index in [2.05, 4.69) is 26.4 Å². The van der Waals surface area contributed by atoms with Crippen LogP contribution in [0.15, 0.2) is 36.4 Å². The van der Waals surface area contributed by atoms with Gasteiger partial charge in [-0.3, -0.25) is 5.43 Å². The Kier molecular flexibility index (Phi) is 4.38. The third kappa shape index (κ3) is 4.27. The maximum Gasteiger partial charge on any atom is 0.337 e. The van der Waals surface area contributed by atoms with Gasteiger partial charge in [0, 0.05) is 10.7 Å². The van der Waals surface area contributed by atoms with E-state index in [4.69, 9.17) is 23.2 Å². The molecule has 0 spiro atoms. The van der Waals surface area contributed by atoms with E-state index in [0.29, 0.717) is 16.5 Å². The van der Waals surface area contributed by atoms with Gasteiger partial charge in [0.2, 0.25) is 0 Å². The second-order valence-electron chi connectivity index (χ2n) is 3.45. The van der Waals surface area contributed by atoms with Gasteiger partial charge < -0.3 is 5.32 Å². The molecule has 1 aromatic heterocycles. The van der Waals surface area contributed by atoms with Gasteiger partial charge in [0.25, 0.3) is 0 Å². The zero-order valence-corrected chi connectivity index (χ0v) is 11.0. The minimum atomic E-state index is -0.445. The number of aromatic nitrogens is 2. The highest BCUT2D eigenvalue weighted by atomic mass is 35.5. The Morgan fingerprint density at radius 3 is 2.37 bits per heavy atom. The third-order valence-corrected chi connectivity index (χ3v) is 2.49. The molecule has 0 aliphatic carbocycles. The van der Waals surface area contributed by atoms with Crippen LogP contribution in [0.5, 0.6) is 0 Å². The largest absolute Gasteiger partial charge is 0.337 e. The molecule has 3 N–H and O–H groups in total. The zero-order chi connectivity index (χ0) is 13.7. The van der Waals surface area contributed by atoms with Crippen LogP contribution in [-0.4, -0.2) is 16.2 Å². The number of hydrogen-bond donors (Lipinski definition) is 3. The molecular formula is C11H9Cl2N5O. The molecule has 0 unspecified atom stereocenters. The summed E-state index contributed by atoms with van der Waals surface area (Å²) >= 11 is 11.3. The quantitative estimate of drug-likeness (QED) is 0.761. The van der Waals surface area contributed by atoms with Gasteiger partial charge in [0.1, 0.15) is 0 Å². The molecule has 0 saturated carbocycles. The highest BCUT2D eigenvalue weighted by molar-refractivity contribution is 6.30. The SMILES string of the molecule is O=C(NNc1ccc(Cl)nn1)Nc1ccc(Cl)cc1. The molecule has 0 bridgehead atoms. The first-order chi connectivity index (χ1) is 9.13. The number of anilines is 2. The van der Waals surface area contributed by atoms with Crippen molar-refractivity contribution in [3.8, 4) is 0 Å². The molecule has 0 aliphatic heterocycles. The zero-order valence-electron chi connectivity index (χ0n) is 9.52. The first kappa shape index (κ1) is 13.4. The summed E-state index contributed by atoms with van der Waals surface area (Å²) in [5.41, 5.74) is 5.60. The lowest BCUT2D eigenvalue weighted by Crippen LogP contribution is -2.33. The predicted molar refractivity (Wildman–Crippen MR) is 74.3 cm³/mol. The number of benzene rings is 1. The van der Waals surface area contributed by atoms with Crippen LogP contribution >= 0.6 is 23.2 Å². The minimum Gasteiger partial charge on any atom is -0.307 e. The van der Waals surface area contributed by atoms with Crippen molar-refractivity contribution in [3.63, 3.8) is 0 Å². The van der Waals surface area contributed by atoms with Gasteiger partial charge in [-0.05, 0) is 36.4 Å². The molecule has 1 heterocycles. The van der Waals surface area contributed by atoms with Gasteiger partial charge in [-0.1, -0.05) is 23.2 Å². The van der Waals surface area contributed by atoms with E-state index in [1.165, 1.54) is 0 Å². The maximum atomic E-state index is 11.5. The van der Waals surface area contributed by atoms with E-state index >= 15 is 0 Å². The van der Waals surface area contributed by atoms with Crippen molar-refractivity contribution in [2.24, 2.45) is 0 Å². The van der Waals surface area contributed by atoms with Gasteiger partial charge in [-0.2, -0.15) is 0 Å². The van der Waals surface area contributed by atoms with Crippen molar-refractivity contribution in [2.45, 2.75) is 0 Å². The van der Waals surface area contributed by atoms with Crippen LogP contribution < -0.4 is 16.2 Å². The highest BCUT2D eigenvalue weighted by Crippen LogP contribution is 2.13. The lowest BCUT2D eigenvalue weighted by Gasteiger charge is -2.08. The van der Waals surface area contributed by atoms with E-state index in [0.717, 1.165) is 0 Å². The van der Waals surface area contributed by atoms with Crippen molar-refractivity contribution in [3.05, 3.63) is 46.6 Å². The molecule has 2 rings (SSSR count). The summed E-state index contributed by atoms with van der Waals surface area (Å²) < 4.78 is 0. The summed E-state index contributed by atoms with van der Waals surface area (Å²) in [6.07, 6.45) is 0. The van der Waals surface area contributed by atoms with E-state index in [-0.39, 0.29) is 5.15 Å². The number of urea groups is 1. The van der Waals surface area contributed by atoms with Crippen molar-refractivity contribution in [1.29, 1.82) is 0 Å². The van der Waals surface area contributed by atoms with Crippen LogP contribution in [0.3, 0.4) is 0 Å². The fraction of sp³-hybridized carbons (Fsp3) is 0. The number of nitrogens with zero attached hydrogens (tertiary/aromatic N) is 2. The molecule has 19 heavy (non-hydrogen) atoms. The molecule has 6 nitrogen and oxygen atoms in total. The molecule has 0 radical (unpaired) electrons. The van der Waals surface area contributed by atoms with E-state index < -0.39 is 6.03 Å². The second-order valence-corrected chi connectivity index (χ2v) is 4.28. The number of hydrazine groups is 1. The monoisotopic (exact) mass is 297 g/mol. The molecule has 2 amide bonds. The number of nitrogens with one attached hydrogen (secondary N) is 3. The Balaban J connectivity index is 1.84. The van der Waals surface area contributed by atoms with Crippen LogP contribution in [-0.2, 0) is 0 Å². The van der Waals surface area contributed by atoms with Gasteiger partial charge in [0.15, 0.2) is 11.0 Å². The molecule has 8 heteroatoms. The molecule has 0 atom stereocenters. The Morgan fingerprint density at radius 1 is 1.00 bits per heavy atom. The van der Waals surface area contributed by atoms with Gasteiger partial charge in [-0.25, -0.2) is 10.2 Å². The second kappa shape index (κ2) is 6.21. The van der Waals surface area contributed by atoms with Crippen LogP contribution in [0.4, 0.5) is 16.3 Å². The molecule has 0 saturated heterocycles. The lowest BCUT2D eigenvalue weighted by molar-refractivity contribution is 0.254. The number of carbonyl (C=O) groups excluding carboxylic acids is 1. The smallest absolute Gasteiger partial charge is 0.307 e. The highest BCUT2D eigenvalue weighted by Gasteiger charge is 2.01. The predicted octanol–water partition coefficient (Wildman–Crippen LogP) is 2.93. The fourth-order valence-electron chi connectivity index (χ4n) is 1.20. The standard InChI is InChI=1S/C11H9Cl2N5O/c12-7-1-3-8(4-2-7)14-11(19)18-17-10-6-5-9(13)15-16-10/h1-6H,(H,16,17)(H2,14,18,19). The summed E-state index contributed by atoms with van der Waals surface area (Å²) in [7, 11) is 0. The third-order valence-electron chi connectivity index (χ3n) is 2.04. The summed E-state index contributed by atoms with van der Waals surface area (Å²) in [5, 5.41) is 10.8. The van der Waals surface area contributed by atoms with Gasteiger partial charge in [0.05, 0.1) is 0 Å². The molecular weight excluding hydrogens is 289 g/mol. The molecule has 98 valence electrons. The normalized spacial score (nSPS) is 9.79. The number of amides is 2. The lowest BCUT2D eigenvalue weighted by atomic mass is 10.3. The topological polar surface area (TPSA) is 78.9 Å². The van der Waals surface area contributed by atoms with Crippen LogP contribution in [0.1, 0.15) is 0 Å². The average molecular weight is 298 g/mol. The van der Waals surface area contributed by atoms with Crippen LogP contribution in [0, 0.1) is 0 Å². The van der Waals surface area contributed by atoms with Crippen molar-refractivity contribution in [1.82, 2.24) is 15.6 Å². The van der Waals surface area contributed by atoms with Crippen molar-refractivity contribution < 1.29 is 4.79 Å². The number of rotatable bonds is 3. The number of halogens is 2. The minimum absolute atomic E-state index is 0.274. The summed E-state index contributed by atoms with van der Waals surface area (Å²) in [6.45, 7) is 0. The van der Waals surface area contributed by atoms with Crippen molar-refractivity contribution >= 4 is 40.7 Å². The number of hydrogen-bond acceptors (Lipinski definition) is 4. The Hall–Kier alpha value is -2.05. The summed E-state index contributed by atoms with van der Waals surface area (Å²) in [4.78, 5) is 11.5. The Labute approximate surface area is 119 Å². The molecule has 2 aromatic rings. The molecule has 0 fully saturated rings. The summed E-state index contributed by atoms with van der Waals surface area (Å²) in [5.74, 6) is 0.371. The Bertz CT molecular complexity index is 558. The first-order valence-corrected chi connectivity index (χ1v) is 5.97. The molecule has 1 aromatic carbocycles. The van der Waals surface area contributed by atoms with E-state index in [9.17, 15) is 4.79 Å². The number of carbonyl (C=O) groups is 1. The van der Waals surface area contributed by atoms with E-state index in [1.54, 1.807) is 36.4 Å². The van der Waals surface area contributed by atoms with E-state index in [1.807, 2.05) is 0 Å². The Morgan fingerprint density at radius 2 is 1.74 bits per heavy atom. The van der Waals surface area contributed by atoms with Gasteiger partial charge in [-0.15, -0.1) is 10.2 Å². The van der Waals surface area contributed by atoms with Crippen molar-refractivity contribution in [2.75, 3.05) is 10.7 Å². The first-order valence-electron chi connectivity index (χ1n) is 5.21. The van der Waals surface area contributed by atoms with Crippen LogP contribution in [0.2, 0.25) is 10.2 Å². The fourth-order valence-corrected chi connectivity index (χ4v) is 1.43. The molecule has 0 aliphatic rings. The maximum absolute atomic E-state index is 11.5. The average Bonchev–Trinajstić information content (AvgIpc) is 2.41. The summed E-state index contributed by atoms with van der Waals surface area (Å²) in [6, 6.07) is 9.41.